The fourth-order valence-electron chi connectivity index (χ4n) is 3.23. The van der Waals surface area contributed by atoms with Gasteiger partial charge in [-0.05, 0) is 35.9 Å². The maximum absolute atomic E-state index is 13.0. The number of carbonyl (C=O) groups excluding carboxylic acids is 1. The third-order valence-electron chi connectivity index (χ3n) is 4.72. The van der Waals surface area contributed by atoms with Crippen LogP contribution in [0.15, 0.2) is 76.1 Å². The van der Waals surface area contributed by atoms with Crippen LogP contribution in [-0.4, -0.2) is 10.5 Å². The second kappa shape index (κ2) is 8.78. The van der Waals surface area contributed by atoms with E-state index in [1.807, 2.05) is 42.5 Å². The largest absolute Gasteiger partial charge is 0.443 e. The van der Waals surface area contributed by atoms with Crippen LogP contribution in [0.3, 0.4) is 0 Å². The normalized spacial score (nSPS) is 11.0. The van der Waals surface area contributed by atoms with E-state index < -0.39 is 0 Å². The first-order chi connectivity index (χ1) is 14.5. The van der Waals surface area contributed by atoms with Crippen molar-refractivity contribution in [2.75, 3.05) is 0 Å². The van der Waals surface area contributed by atoms with Crippen molar-refractivity contribution in [3.63, 3.8) is 0 Å². The van der Waals surface area contributed by atoms with E-state index in [2.05, 4.69) is 5.32 Å². The van der Waals surface area contributed by atoms with Gasteiger partial charge < -0.3 is 9.73 Å². The van der Waals surface area contributed by atoms with Crippen LogP contribution in [-0.2, 0) is 23.6 Å². The molecule has 0 spiro atoms. The van der Waals surface area contributed by atoms with Crippen molar-refractivity contribution in [1.82, 2.24) is 9.88 Å². The van der Waals surface area contributed by atoms with Gasteiger partial charge in [-0.15, -0.1) is 11.6 Å². The van der Waals surface area contributed by atoms with E-state index in [0.717, 1.165) is 11.3 Å². The fourth-order valence-corrected chi connectivity index (χ4v) is 3.49. The van der Waals surface area contributed by atoms with E-state index in [1.54, 1.807) is 29.0 Å². The second-order valence-electron chi connectivity index (χ2n) is 6.83. The summed E-state index contributed by atoms with van der Waals surface area (Å²) < 4.78 is 7.55. The molecule has 1 N–H and O–H groups in total. The van der Waals surface area contributed by atoms with E-state index in [1.165, 1.54) is 0 Å². The summed E-state index contributed by atoms with van der Waals surface area (Å²) >= 11 is 11.8. The number of amides is 1. The van der Waals surface area contributed by atoms with E-state index >= 15 is 0 Å². The summed E-state index contributed by atoms with van der Waals surface area (Å²) in [6.45, 7) is 0.354. The lowest BCUT2D eigenvalue weighted by molar-refractivity contribution is -0.120. The van der Waals surface area contributed by atoms with Crippen LogP contribution in [0.25, 0.3) is 16.8 Å². The summed E-state index contributed by atoms with van der Waals surface area (Å²) in [7, 11) is 0. The van der Waals surface area contributed by atoms with Gasteiger partial charge in [-0.25, -0.2) is 0 Å². The average Bonchev–Trinajstić information content (AvgIpc) is 3.21. The third-order valence-corrected chi connectivity index (χ3v) is 5.24. The molecule has 30 heavy (non-hydrogen) atoms. The molecule has 5 nitrogen and oxygen atoms in total. The zero-order chi connectivity index (χ0) is 21.1. The molecule has 2 heterocycles. The third kappa shape index (κ3) is 4.27. The Kier molecular flexibility index (Phi) is 5.93. The Labute approximate surface area is 182 Å². The number of alkyl halides is 1. The van der Waals surface area contributed by atoms with Crippen molar-refractivity contribution in [1.29, 1.82) is 0 Å². The van der Waals surface area contributed by atoms with Gasteiger partial charge in [0, 0.05) is 29.0 Å². The molecule has 152 valence electrons. The molecule has 0 radical (unpaired) electrons. The lowest BCUT2D eigenvalue weighted by atomic mass is 10.1. The Morgan fingerprint density at radius 1 is 1.07 bits per heavy atom. The number of aromatic nitrogens is 1. The number of rotatable bonds is 6. The highest BCUT2D eigenvalue weighted by Gasteiger charge is 2.17. The molecule has 0 aliphatic rings. The minimum absolute atomic E-state index is 0.0451. The number of nitrogens with zero attached hydrogens (tertiary/aromatic N) is 1. The SMILES string of the molecule is O=C(Cc1cn(-c2ccccc2)c2oc(CCl)cc2c1=O)NCc1ccc(Cl)cc1. The molecule has 0 aliphatic carbocycles. The Morgan fingerprint density at radius 3 is 2.50 bits per heavy atom. The first-order valence-corrected chi connectivity index (χ1v) is 10.3. The van der Waals surface area contributed by atoms with Gasteiger partial charge in [0.15, 0.2) is 5.43 Å². The lowest BCUT2D eigenvalue weighted by Crippen LogP contribution is -2.27. The Morgan fingerprint density at radius 2 is 1.80 bits per heavy atom. The number of para-hydroxylation sites is 1. The zero-order valence-electron chi connectivity index (χ0n) is 15.9. The standard InChI is InChI=1S/C23H18Cl2N2O3/c24-12-19-11-20-22(29)16(10-21(28)26-13-15-6-8-17(25)9-7-15)14-27(23(20)30-19)18-4-2-1-3-5-18/h1-9,11,14H,10,12-13H2,(H,26,28). The van der Waals surface area contributed by atoms with Crippen molar-refractivity contribution in [3.05, 3.63) is 99.0 Å². The molecule has 0 atom stereocenters. The highest BCUT2D eigenvalue weighted by Crippen LogP contribution is 2.22. The first-order valence-electron chi connectivity index (χ1n) is 9.34. The maximum atomic E-state index is 13.0. The number of hydrogen-bond acceptors (Lipinski definition) is 3. The molecule has 0 aliphatic heterocycles. The molecule has 4 rings (SSSR count). The van der Waals surface area contributed by atoms with Crippen molar-refractivity contribution < 1.29 is 9.21 Å². The van der Waals surface area contributed by atoms with E-state index in [-0.39, 0.29) is 23.6 Å². The molecule has 0 saturated carbocycles. The average molecular weight is 441 g/mol. The van der Waals surface area contributed by atoms with Crippen LogP contribution in [0.5, 0.6) is 0 Å². The minimum Gasteiger partial charge on any atom is -0.443 e. The van der Waals surface area contributed by atoms with Gasteiger partial charge in [-0.3, -0.25) is 14.2 Å². The molecular formula is C23H18Cl2N2O3. The molecule has 0 fully saturated rings. The zero-order valence-corrected chi connectivity index (χ0v) is 17.4. The number of benzene rings is 2. The number of hydrogen-bond donors (Lipinski definition) is 1. The second-order valence-corrected chi connectivity index (χ2v) is 7.54. The fraction of sp³-hybridized carbons (Fsp3) is 0.130. The number of halogens is 2. The van der Waals surface area contributed by atoms with Gasteiger partial charge in [-0.1, -0.05) is 41.9 Å². The lowest BCUT2D eigenvalue weighted by Gasteiger charge is -2.11. The van der Waals surface area contributed by atoms with Gasteiger partial charge in [-0.2, -0.15) is 0 Å². The molecule has 0 bridgehead atoms. The van der Waals surface area contributed by atoms with Crippen LogP contribution in [0.1, 0.15) is 16.9 Å². The monoisotopic (exact) mass is 440 g/mol. The number of furan rings is 1. The van der Waals surface area contributed by atoms with Crippen LogP contribution < -0.4 is 10.7 Å². The quantitative estimate of drug-likeness (QED) is 0.436. The molecule has 2 aromatic heterocycles. The Balaban J connectivity index is 1.65. The van der Waals surface area contributed by atoms with Crippen LogP contribution in [0.2, 0.25) is 5.02 Å². The number of pyridine rings is 1. The summed E-state index contributed by atoms with van der Waals surface area (Å²) in [5.41, 5.74) is 2.29. The summed E-state index contributed by atoms with van der Waals surface area (Å²) in [6.07, 6.45) is 1.61. The molecular weight excluding hydrogens is 423 g/mol. The predicted octanol–water partition coefficient (Wildman–Crippen LogP) is 4.83. The molecule has 0 unspecified atom stereocenters. The van der Waals surface area contributed by atoms with Crippen molar-refractivity contribution >= 4 is 40.2 Å². The van der Waals surface area contributed by atoms with E-state index in [4.69, 9.17) is 27.6 Å². The number of carbonyl (C=O) groups is 1. The molecule has 4 aromatic rings. The highest BCUT2D eigenvalue weighted by molar-refractivity contribution is 6.30. The molecule has 1 amide bonds. The summed E-state index contributed by atoms with van der Waals surface area (Å²) in [6, 6.07) is 18.3. The van der Waals surface area contributed by atoms with Crippen LogP contribution >= 0.6 is 23.2 Å². The highest BCUT2D eigenvalue weighted by atomic mass is 35.5. The van der Waals surface area contributed by atoms with E-state index in [0.29, 0.717) is 34.0 Å². The number of nitrogens with one attached hydrogen (secondary N) is 1. The van der Waals surface area contributed by atoms with Gasteiger partial charge in [0.2, 0.25) is 11.6 Å². The van der Waals surface area contributed by atoms with Gasteiger partial charge >= 0.3 is 0 Å². The summed E-state index contributed by atoms with van der Waals surface area (Å²) in [4.78, 5) is 25.5. The van der Waals surface area contributed by atoms with E-state index in [9.17, 15) is 9.59 Å². The molecule has 2 aromatic carbocycles. The Hall–Kier alpha value is -3.02. The van der Waals surface area contributed by atoms with Crippen molar-refractivity contribution in [2.45, 2.75) is 18.8 Å². The maximum Gasteiger partial charge on any atom is 0.224 e. The van der Waals surface area contributed by atoms with Crippen molar-refractivity contribution in [2.24, 2.45) is 0 Å². The first kappa shape index (κ1) is 20.3. The number of fused-ring (bicyclic) bond motifs is 1. The van der Waals surface area contributed by atoms with Gasteiger partial charge in [0.25, 0.3) is 0 Å². The van der Waals surface area contributed by atoms with Crippen LogP contribution in [0.4, 0.5) is 0 Å². The molecule has 7 heteroatoms. The van der Waals surface area contributed by atoms with Crippen molar-refractivity contribution in [3.8, 4) is 5.69 Å². The molecule has 0 saturated heterocycles. The minimum atomic E-state index is -0.248. The van der Waals surface area contributed by atoms with Gasteiger partial charge in [0.1, 0.15) is 5.76 Å². The van der Waals surface area contributed by atoms with Gasteiger partial charge in [0.05, 0.1) is 17.7 Å². The predicted molar refractivity (Wildman–Crippen MR) is 118 cm³/mol. The smallest absolute Gasteiger partial charge is 0.224 e. The summed E-state index contributed by atoms with van der Waals surface area (Å²) in [5.74, 6) is 0.402. The topological polar surface area (TPSA) is 64.2 Å². The summed E-state index contributed by atoms with van der Waals surface area (Å²) in [5, 5.41) is 3.88. The van der Waals surface area contributed by atoms with Crippen LogP contribution in [0, 0.1) is 0 Å². The Bertz CT molecular complexity index is 1250.